The Hall–Kier alpha value is -2.63. The van der Waals surface area contributed by atoms with Crippen LogP contribution in [0.4, 0.5) is 24.5 Å². The second-order valence-corrected chi connectivity index (χ2v) is 7.21. The van der Waals surface area contributed by atoms with Crippen molar-refractivity contribution in [2.75, 3.05) is 11.9 Å². The monoisotopic (exact) mass is 393 g/mol. The summed E-state index contributed by atoms with van der Waals surface area (Å²) in [5.74, 6) is -1.21. The molecule has 0 bridgehead atoms. The van der Waals surface area contributed by atoms with Gasteiger partial charge < -0.3 is 9.50 Å². The lowest BCUT2D eigenvalue weighted by Gasteiger charge is -2.15. The summed E-state index contributed by atoms with van der Waals surface area (Å²) < 4.78 is 64.3. The van der Waals surface area contributed by atoms with Gasteiger partial charge >= 0.3 is 27.2 Å². The molecule has 0 radical (unpaired) electrons. The van der Waals surface area contributed by atoms with E-state index in [4.69, 9.17) is 0 Å². The first-order valence-corrected chi connectivity index (χ1v) is 8.66. The van der Waals surface area contributed by atoms with Crippen LogP contribution in [0.5, 0.6) is 5.88 Å². The minimum atomic E-state index is -6.12. The van der Waals surface area contributed by atoms with Crippen LogP contribution in [0.3, 0.4) is 0 Å². The average molecular weight is 393 g/mol. The molecule has 1 N–H and O–H groups in total. The number of fused-ring (bicyclic) bond motifs is 1. The van der Waals surface area contributed by atoms with Crippen molar-refractivity contribution in [1.29, 1.82) is 0 Å². The molecule has 26 heavy (non-hydrogen) atoms. The largest absolute Gasteiger partial charge is 0.534 e. The van der Waals surface area contributed by atoms with E-state index in [-0.39, 0.29) is 29.1 Å². The van der Waals surface area contributed by atoms with Crippen molar-refractivity contribution in [2.45, 2.75) is 19.4 Å². The standard InChI is InChI=1S/C14H14F3N3O5S/c1-8(2)7-18-11-9-5-3-4-6-10(9)19-13(12(11)20(21)22)25-26(23,24)14(15,16)17/h3-6,8H,7H2,1-2H3,(H,18,19). The van der Waals surface area contributed by atoms with Gasteiger partial charge in [-0.3, -0.25) is 10.1 Å². The Morgan fingerprint density at radius 3 is 2.46 bits per heavy atom. The third-order valence-corrected chi connectivity index (χ3v) is 4.12. The molecule has 12 heteroatoms. The third kappa shape index (κ3) is 3.95. The van der Waals surface area contributed by atoms with Gasteiger partial charge in [-0.05, 0) is 12.0 Å². The van der Waals surface area contributed by atoms with E-state index >= 15 is 0 Å². The van der Waals surface area contributed by atoms with Gasteiger partial charge in [-0.1, -0.05) is 32.0 Å². The summed E-state index contributed by atoms with van der Waals surface area (Å²) in [5.41, 5.74) is -6.87. The number of aromatic nitrogens is 1. The van der Waals surface area contributed by atoms with Crippen LogP contribution in [0.25, 0.3) is 10.9 Å². The molecule has 1 aromatic heterocycles. The molecule has 1 aromatic carbocycles. The van der Waals surface area contributed by atoms with Crippen LogP contribution in [0, 0.1) is 16.0 Å². The first-order valence-electron chi connectivity index (χ1n) is 7.26. The zero-order valence-corrected chi connectivity index (χ0v) is 14.4. The Labute approximate surface area is 146 Å². The number of para-hydroxylation sites is 1. The van der Waals surface area contributed by atoms with Gasteiger partial charge in [-0.25, -0.2) is 4.98 Å². The zero-order valence-electron chi connectivity index (χ0n) is 13.6. The number of anilines is 1. The molecule has 0 aliphatic carbocycles. The van der Waals surface area contributed by atoms with E-state index in [1.807, 2.05) is 13.8 Å². The van der Waals surface area contributed by atoms with Crippen molar-refractivity contribution in [1.82, 2.24) is 4.98 Å². The van der Waals surface area contributed by atoms with Crippen LogP contribution >= 0.6 is 0 Å². The van der Waals surface area contributed by atoms with Crippen LogP contribution < -0.4 is 9.50 Å². The van der Waals surface area contributed by atoms with E-state index in [9.17, 15) is 31.7 Å². The first-order chi connectivity index (χ1) is 11.9. The van der Waals surface area contributed by atoms with Gasteiger partial charge in [0.25, 0.3) is 0 Å². The van der Waals surface area contributed by atoms with Gasteiger partial charge in [0.2, 0.25) is 0 Å². The predicted molar refractivity (Wildman–Crippen MR) is 87.3 cm³/mol. The average Bonchev–Trinajstić information content (AvgIpc) is 2.50. The molecule has 2 rings (SSSR count). The highest BCUT2D eigenvalue weighted by Crippen LogP contribution is 2.41. The molecule has 0 unspecified atom stereocenters. The number of nitrogens with one attached hydrogen (secondary N) is 1. The quantitative estimate of drug-likeness (QED) is 0.346. The van der Waals surface area contributed by atoms with Gasteiger partial charge in [0, 0.05) is 11.9 Å². The van der Waals surface area contributed by atoms with Gasteiger partial charge in [-0.15, -0.1) is 0 Å². The number of alkyl halides is 3. The number of nitrogens with zero attached hydrogens (tertiary/aromatic N) is 2. The van der Waals surface area contributed by atoms with Crippen LogP contribution in [-0.4, -0.2) is 30.4 Å². The lowest BCUT2D eigenvalue weighted by Crippen LogP contribution is -2.28. The maximum Gasteiger partial charge on any atom is 0.534 e. The highest BCUT2D eigenvalue weighted by molar-refractivity contribution is 7.88. The fourth-order valence-electron chi connectivity index (χ4n) is 2.04. The molecule has 0 aliphatic rings. The minimum Gasteiger partial charge on any atom is -0.378 e. The Kier molecular flexibility index (Phi) is 5.26. The van der Waals surface area contributed by atoms with E-state index in [1.165, 1.54) is 18.2 Å². The van der Waals surface area contributed by atoms with Crippen molar-refractivity contribution >= 4 is 32.4 Å². The van der Waals surface area contributed by atoms with Crippen LogP contribution in [0.15, 0.2) is 24.3 Å². The van der Waals surface area contributed by atoms with E-state index in [0.717, 1.165) is 0 Å². The number of halogens is 3. The SMILES string of the molecule is CC(C)CNc1c([N+](=O)[O-])c(OS(=O)(=O)C(F)(F)F)nc2ccccc12. The zero-order chi connectivity index (χ0) is 19.7. The predicted octanol–water partition coefficient (Wildman–Crippen LogP) is 3.44. The summed E-state index contributed by atoms with van der Waals surface area (Å²) in [4.78, 5) is 14.0. The van der Waals surface area contributed by atoms with Crippen LogP contribution in [0.1, 0.15) is 13.8 Å². The Bertz CT molecular complexity index is 945. The summed E-state index contributed by atoms with van der Waals surface area (Å²) in [6.45, 7) is 3.88. The summed E-state index contributed by atoms with van der Waals surface area (Å²) in [5, 5.41) is 14.4. The Morgan fingerprint density at radius 1 is 1.31 bits per heavy atom. The molecule has 0 spiro atoms. The molecule has 142 valence electrons. The van der Waals surface area contributed by atoms with Gasteiger partial charge in [-0.2, -0.15) is 21.6 Å². The number of hydrogen-bond acceptors (Lipinski definition) is 7. The fraction of sp³-hybridized carbons (Fsp3) is 0.357. The van der Waals surface area contributed by atoms with E-state index in [2.05, 4.69) is 14.5 Å². The summed E-state index contributed by atoms with van der Waals surface area (Å²) in [6.07, 6.45) is 0. The number of nitro groups is 1. The molecule has 0 saturated carbocycles. The van der Waals surface area contributed by atoms with E-state index in [0.29, 0.717) is 0 Å². The Balaban J connectivity index is 2.73. The molecular formula is C14H14F3N3O5S. The molecule has 0 saturated heterocycles. The van der Waals surface area contributed by atoms with Crippen molar-refractivity contribution in [3.8, 4) is 5.88 Å². The second kappa shape index (κ2) is 6.94. The Morgan fingerprint density at radius 2 is 1.92 bits per heavy atom. The summed E-state index contributed by atoms with van der Waals surface area (Å²) in [7, 11) is -6.12. The lowest BCUT2D eigenvalue weighted by molar-refractivity contribution is -0.384. The lowest BCUT2D eigenvalue weighted by atomic mass is 10.1. The van der Waals surface area contributed by atoms with Gasteiger partial charge in [0.15, 0.2) is 0 Å². The highest BCUT2D eigenvalue weighted by Gasteiger charge is 2.50. The van der Waals surface area contributed by atoms with Crippen LogP contribution in [-0.2, 0) is 10.1 Å². The van der Waals surface area contributed by atoms with Crippen molar-refractivity contribution in [2.24, 2.45) is 5.92 Å². The van der Waals surface area contributed by atoms with Crippen LogP contribution in [0.2, 0.25) is 0 Å². The maximum absolute atomic E-state index is 12.6. The maximum atomic E-state index is 12.6. The molecular weight excluding hydrogens is 379 g/mol. The number of benzene rings is 1. The minimum absolute atomic E-state index is 0.0386. The molecule has 1 heterocycles. The third-order valence-electron chi connectivity index (χ3n) is 3.18. The number of rotatable bonds is 6. The highest BCUT2D eigenvalue weighted by atomic mass is 32.2. The first kappa shape index (κ1) is 19.7. The molecule has 0 atom stereocenters. The molecule has 0 aliphatic heterocycles. The number of hydrogen-bond donors (Lipinski definition) is 1. The topological polar surface area (TPSA) is 111 Å². The number of pyridine rings is 1. The van der Waals surface area contributed by atoms with Crippen molar-refractivity contribution in [3.05, 3.63) is 34.4 Å². The van der Waals surface area contributed by atoms with Crippen molar-refractivity contribution < 1.29 is 30.7 Å². The summed E-state index contributed by atoms with van der Waals surface area (Å²) >= 11 is 0. The molecule has 0 amide bonds. The normalized spacial score (nSPS) is 12.4. The smallest absolute Gasteiger partial charge is 0.378 e. The fourth-order valence-corrected chi connectivity index (χ4v) is 2.46. The summed E-state index contributed by atoms with van der Waals surface area (Å²) in [6, 6.07) is 5.89. The van der Waals surface area contributed by atoms with E-state index in [1.54, 1.807) is 6.07 Å². The molecule has 8 nitrogen and oxygen atoms in total. The van der Waals surface area contributed by atoms with Gasteiger partial charge in [0.05, 0.1) is 10.4 Å². The van der Waals surface area contributed by atoms with E-state index < -0.39 is 32.1 Å². The molecule has 0 fully saturated rings. The molecule has 2 aromatic rings. The van der Waals surface area contributed by atoms with Gasteiger partial charge in [0.1, 0.15) is 5.69 Å². The second-order valence-electron chi connectivity index (χ2n) is 5.67. The van der Waals surface area contributed by atoms with Crippen molar-refractivity contribution in [3.63, 3.8) is 0 Å².